The Morgan fingerprint density at radius 1 is 1.23 bits per heavy atom. The first-order chi connectivity index (χ1) is 10.8. The SMILES string of the molecule is O=C(NCCc1ccc2ccccc2c1)N1CCCC1CO. The number of nitrogens with one attached hydrogen (secondary N) is 1. The van der Waals surface area contributed by atoms with E-state index in [1.807, 2.05) is 12.1 Å². The number of aliphatic hydroxyl groups is 1. The number of benzene rings is 2. The summed E-state index contributed by atoms with van der Waals surface area (Å²) < 4.78 is 0. The number of amides is 2. The third-order valence-electron chi connectivity index (χ3n) is 4.35. The molecular weight excluding hydrogens is 276 g/mol. The second kappa shape index (κ2) is 6.79. The first-order valence-electron chi connectivity index (χ1n) is 7.91. The van der Waals surface area contributed by atoms with Crippen LogP contribution in [-0.2, 0) is 6.42 Å². The van der Waals surface area contributed by atoms with E-state index >= 15 is 0 Å². The first kappa shape index (κ1) is 14.9. The van der Waals surface area contributed by atoms with Crippen molar-refractivity contribution in [3.05, 3.63) is 48.0 Å². The van der Waals surface area contributed by atoms with Crippen LogP contribution < -0.4 is 5.32 Å². The van der Waals surface area contributed by atoms with Crippen LogP contribution in [0.5, 0.6) is 0 Å². The maximum absolute atomic E-state index is 12.1. The zero-order valence-electron chi connectivity index (χ0n) is 12.7. The van der Waals surface area contributed by atoms with Gasteiger partial charge in [-0.25, -0.2) is 4.79 Å². The first-order valence-corrected chi connectivity index (χ1v) is 7.91. The van der Waals surface area contributed by atoms with Gasteiger partial charge in [0.15, 0.2) is 0 Å². The van der Waals surface area contributed by atoms with E-state index in [1.165, 1.54) is 16.3 Å². The van der Waals surface area contributed by atoms with Crippen molar-refractivity contribution in [3.63, 3.8) is 0 Å². The largest absolute Gasteiger partial charge is 0.394 e. The van der Waals surface area contributed by atoms with E-state index in [1.54, 1.807) is 4.90 Å². The summed E-state index contributed by atoms with van der Waals surface area (Å²) in [7, 11) is 0. The summed E-state index contributed by atoms with van der Waals surface area (Å²) in [4.78, 5) is 13.9. The molecule has 0 spiro atoms. The van der Waals surface area contributed by atoms with Gasteiger partial charge in [-0.15, -0.1) is 0 Å². The van der Waals surface area contributed by atoms with E-state index in [9.17, 15) is 9.90 Å². The molecule has 3 rings (SSSR count). The van der Waals surface area contributed by atoms with Crippen molar-refractivity contribution in [1.82, 2.24) is 10.2 Å². The second-order valence-corrected chi connectivity index (χ2v) is 5.84. The number of rotatable bonds is 4. The van der Waals surface area contributed by atoms with Crippen LogP contribution >= 0.6 is 0 Å². The molecule has 0 aromatic heterocycles. The fourth-order valence-electron chi connectivity index (χ4n) is 3.10. The minimum absolute atomic E-state index is 0.0133. The minimum atomic E-state index is -0.0580. The topological polar surface area (TPSA) is 52.6 Å². The Labute approximate surface area is 130 Å². The molecule has 2 aromatic rings. The standard InChI is InChI=1S/C18H22N2O2/c21-13-17-6-3-11-20(17)18(22)19-10-9-14-7-8-15-4-1-2-5-16(15)12-14/h1-2,4-5,7-8,12,17,21H,3,6,9-11,13H2,(H,19,22). The lowest BCUT2D eigenvalue weighted by atomic mass is 10.1. The number of hydrogen-bond acceptors (Lipinski definition) is 2. The number of hydrogen-bond donors (Lipinski definition) is 2. The zero-order chi connectivity index (χ0) is 15.4. The third-order valence-corrected chi connectivity index (χ3v) is 4.35. The van der Waals surface area contributed by atoms with Crippen LogP contribution in [0.2, 0.25) is 0 Å². The number of aliphatic hydroxyl groups excluding tert-OH is 1. The molecule has 4 nitrogen and oxygen atoms in total. The Balaban J connectivity index is 1.54. The molecule has 116 valence electrons. The van der Waals surface area contributed by atoms with Crippen molar-refractivity contribution in [1.29, 1.82) is 0 Å². The summed E-state index contributed by atoms with van der Waals surface area (Å²) in [6.07, 6.45) is 2.69. The zero-order valence-corrected chi connectivity index (χ0v) is 12.7. The van der Waals surface area contributed by atoms with E-state index in [-0.39, 0.29) is 18.7 Å². The van der Waals surface area contributed by atoms with Gasteiger partial charge in [0.2, 0.25) is 0 Å². The van der Waals surface area contributed by atoms with E-state index in [2.05, 4.69) is 35.6 Å². The van der Waals surface area contributed by atoms with Crippen LogP contribution in [0.15, 0.2) is 42.5 Å². The lowest BCUT2D eigenvalue weighted by molar-refractivity contribution is 0.157. The van der Waals surface area contributed by atoms with Gasteiger partial charge in [-0.3, -0.25) is 0 Å². The molecule has 1 atom stereocenters. The molecule has 1 heterocycles. The number of carbonyl (C=O) groups is 1. The van der Waals surface area contributed by atoms with E-state index in [4.69, 9.17) is 0 Å². The second-order valence-electron chi connectivity index (χ2n) is 5.84. The molecule has 0 bridgehead atoms. The summed E-state index contributed by atoms with van der Waals surface area (Å²) >= 11 is 0. The average molecular weight is 298 g/mol. The highest BCUT2D eigenvalue weighted by Crippen LogP contribution is 2.17. The molecule has 0 radical (unpaired) electrons. The quantitative estimate of drug-likeness (QED) is 0.911. The van der Waals surface area contributed by atoms with Gasteiger partial charge in [0.1, 0.15) is 0 Å². The van der Waals surface area contributed by atoms with Crippen molar-refractivity contribution >= 4 is 16.8 Å². The van der Waals surface area contributed by atoms with Crippen molar-refractivity contribution in [3.8, 4) is 0 Å². The van der Waals surface area contributed by atoms with Gasteiger partial charge < -0.3 is 15.3 Å². The lowest BCUT2D eigenvalue weighted by Gasteiger charge is -2.23. The molecule has 4 heteroatoms. The van der Waals surface area contributed by atoms with E-state index in [0.717, 1.165) is 25.8 Å². The molecule has 1 unspecified atom stereocenters. The highest BCUT2D eigenvalue weighted by atomic mass is 16.3. The molecule has 1 fully saturated rings. The van der Waals surface area contributed by atoms with Gasteiger partial charge in [0, 0.05) is 13.1 Å². The number of carbonyl (C=O) groups excluding carboxylic acids is 1. The Morgan fingerprint density at radius 2 is 2.05 bits per heavy atom. The smallest absolute Gasteiger partial charge is 0.317 e. The third kappa shape index (κ3) is 3.22. The maximum Gasteiger partial charge on any atom is 0.317 e. The molecular formula is C18H22N2O2. The highest BCUT2D eigenvalue weighted by Gasteiger charge is 2.27. The fraction of sp³-hybridized carbons (Fsp3) is 0.389. The molecule has 2 N–H and O–H groups in total. The Bertz CT molecular complexity index is 656. The number of nitrogens with zero attached hydrogens (tertiary/aromatic N) is 1. The van der Waals surface area contributed by atoms with Crippen molar-refractivity contribution in [2.45, 2.75) is 25.3 Å². The van der Waals surface area contributed by atoms with Gasteiger partial charge in [0.05, 0.1) is 12.6 Å². The molecule has 2 amide bonds. The molecule has 0 saturated carbocycles. The fourth-order valence-corrected chi connectivity index (χ4v) is 3.10. The van der Waals surface area contributed by atoms with Crippen LogP contribution in [0.1, 0.15) is 18.4 Å². The molecule has 22 heavy (non-hydrogen) atoms. The van der Waals surface area contributed by atoms with Crippen LogP contribution in [0.3, 0.4) is 0 Å². The van der Waals surface area contributed by atoms with Crippen molar-refractivity contribution < 1.29 is 9.90 Å². The van der Waals surface area contributed by atoms with E-state index < -0.39 is 0 Å². The summed E-state index contributed by atoms with van der Waals surface area (Å²) in [5, 5.41) is 14.7. The molecule has 2 aromatic carbocycles. The maximum atomic E-state index is 12.1. The van der Waals surface area contributed by atoms with Gasteiger partial charge in [-0.2, -0.15) is 0 Å². The van der Waals surface area contributed by atoms with Gasteiger partial charge >= 0.3 is 6.03 Å². The number of likely N-dealkylation sites (tertiary alicyclic amines) is 1. The summed E-state index contributed by atoms with van der Waals surface area (Å²) in [5.74, 6) is 0. The monoisotopic (exact) mass is 298 g/mol. The van der Waals surface area contributed by atoms with E-state index in [0.29, 0.717) is 6.54 Å². The van der Waals surface area contributed by atoms with Gasteiger partial charge in [0.25, 0.3) is 0 Å². The Hall–Kier alpha value is -2.07. The molecule has 0 aliphatic carbocycles. The van der Waals surface area contributed by atoms with Crippen LogP contribution in [0.25, 0.3) is 10.8 Å². The van der Waals surface area contributed by atoms with Crippen molar-refractivity contribution in [2.75, 3.05) is 19.7 Å². The molecule has 1 aliphatic rings. The van der Waals surface area contributed by atoms with Gasteiger partial charge in [-0.1, -0.05) is 42.5 Å². The normalized spacial score (nSPS) is 17.9. The van der Waals surface area contributed by atoms with Crippen molar-refractivity contribution in [2.24, 2.45) is 0 Å². The van der Waals surface area contributed by atoms with Crippen LogP contribution in [-0.4, -0.2) is 41.8 Å². The number of fused-ring (bicyclic) bond motifs is 1. The lowest BCUT2D eigenvalue weighted by Crippen LogP contribution is -2.44. The molecule has 1 saturated heterocycles. The predicted molar refractivity (Wildman–Crippen MR) is 87.9 cm³/mol. The Kier molecular flexibility index (Phi) is 4.59. The highest BCUT2D eigenvalue weighted by molar-refractivity contribution is 5.83. The summed E-state index contributed by atoms with van der Waals surface area (Å²) in [6, 6.07) is 14.6. The average Bonchev–Trinajstić information content (AvgIpc) is 3.03. The predicted octanol–water partition coefficient (Wildman–Crippen LogP) is 2.55. The minimum Gasteiger partial charge on any atom is -0.394 e. The molecule has 1 aliphatic heterocycles. The van der Waals surface area contributed by atoms with Gasteiger partial charge in [-0.05, 0) is 35.6 Å². The van der Waals surface area contributed by atoms with Crippen LogP contribution in [0.4, 0.5) is 4.79 Å². The van der Waals surface area contributed by atoms with Crippen LogP contribution in [0, 0.1) is 0 Å². The summed E-state index contributed by atoms with van der Waals surface area (Å²) in [6.45, 7) is 1.41. The number of urea groups is 1. The summed E-state index contributed by atoms with van der Waals surface area (Å²) in [5.41, 5.74) is 1.22. The Morgan fingerprint density at radius 3 is 2.86 bits per heavy atom.